The summed E-state index contributed by atoms with van der Waals surface area (Å²) in [5, 5.41) is 13.3. The number of aliphatic hydroxyl groups is 1. The summed E-state index contributed by atoms with van der Waals surface area (Å²) in [6.45, 7) is 5.84. The van der Waals surface area contributed by atoms with Crippen LogP contribution in [0.4, 0.5) is 0 Å². The maximum atomic E-state index is 9.35. The Balaban J connectivity index is 2.10. The fourth-order valence-corrected chi connectivity index (χ4v) is 2.84. The Hall–Kier alpha value is -1.27. The SMILES string of the molecule is CCOc1cc(CNCC(C)O)c(Br)cc1OCc1ccc(Cl)cc1. The van der Waals surface area contributed by atoms with Crippen molar-refractivity contribution in [3.05, 3.63) is 57.0 Å². The minimum Gasteiger partial charge on any atom is -0.490 e. The molecule has 4 nitrogen and oxygen atoms in total. The van der Waals surface area contributed by atoms with E-state index in [0.29, 0.717) is 42.8 Å². The van der Waals surface area contributed by atoms with E-state index in [1.165, 1.54) is 0 Å². The van der Waals surface area contributed by atoms with E-state index in [2.05, 4.69) is 21.2 Å². The van der Waals surface area contributed by atoms with Crippen LogP contribution in [0.1, 0.15) is 25.0 Å². The molecule has 0 radical (unpaired) electrons. The van der Waals surface area contributed by atoms with Crippen LogP contribution in [0.15, 0.2) is 40.9 Å². The van der Waals surface area contributed by atoms with Crippen molar-refractivity contribution in [3.63, 3.8) is 0 Å². The van der Waals surface area contributed by atoms with Gasteiger partial charge in [-0.15, -0.1) is 0 Å². The molecule has 25 heavy (non-hydrogen) atoms. The highest BCUT2D eigenvalue weighted by Crippen LogP contribution is 2.34. The normalized spacial score (nSPS) is 12.0. The molecule has 6 heteroatoms. The first-order valence-corrected chi connectivity index (χ1v) is 9.38. The van der Waals surface area contributed by atoms with Crippen molar-refractivity contribution in [2.24, 2.45) is 0 Å². The van der Waals surface area contributed by atoms with Gasteiger partial charge in [0.15, 0.2) is 11.5 Å². The molecule has 2 N–H and O–H groups in total. The average molecular weight is 429 g/mol. The number of benzene rings is 2. The molecule has 0 spiro atoms. The first-order chi connectivity index (χ1) is 12.0. The molecule has 2 aromatic rings. The highest BCUT2D eigenvalue weighted by molar-refractivity contribution is 9.10. The van der Waals surface area contributed by atoms with Crippen molar-refractivity contribution in [1.29, 1.82) is 0 Å². The lowest BCUT2D eigenvalue weighted by molar-refractivity contribution is 0.191. The highest BCUT2D eigenvalue weighted by atomic mass is 79.9. The van der Waals surface area contributed by atoms with Gasteiger partial charge in [0, 0.05) is 22.6 Å². The van der Waals surface area contributed by atoms with Crippen LogP contribution in [0.2, 0.25) is 5.02 Å². The van der Waals surface area contributed by atoms with Crippen molar-refractivity contribution in [3.8, 4) is 11.5 Å². The van der Waals surface area contributed by atoms with E-state index in [1.54, 1.807) is 6.92 Å². The Morgan fingerprint density at radius 3 is 2.48 bits per heavy atom. The van der Waals surface area contributed by atoms with Crippen LogP contribution in [-0.2, 0) is 13.2 Å². The first kappa shape index (κ1) is 20.0. The van der Waals surface area contributed by atoms with Crippen LogP contribution in [0.5, 0.6) is 11.5 Å². The molecule has 0 aliphatic carbocycles. The molecule has 136 valence electrons. The van der Waals surface area contributed by atoms with Gasteiger partial charge in [0.1, 0.15) is 6.61 Å². The second-order valence-electron chi connectivity index (χ2n) is 5.72. The zero-order valence-electron chi connectivity index (χ0n) is 14.4. The van der Waals surface area contributed by atoms with Gasteiger partial charge in [0.05, 0.1) is 12.7 Å². The maximum absolute atomic E-state index is 9.35. The lowest BCUT2D eigenvalue weighted by atomic mass is 10.2. The summed E-state index contributed by atoms with van der Waals surface area (Å²) in [5.41, 5.74) is 2.08. The smallest absolute Gasteiger partial charge is 0.162 e. The molecule has 0 aromatic heterocycles. The molecule has 1 unspecified atom stereocenters. The topological polar surface area (TPSA) is 50.7 Å². The molecule has 0 amide bonds. The third-order valence-electron chi connectivity index (χ3n) is 3.48. The zero-order valence-corrected chi connectivity index (χ0v) is 16.7. The summed E-state index contributed by atoms with van der Waals surface area (Å²) in [7, 11) is 0. The van der Waals surface area contributed by atoms with Gasteiger partial charge in [-0.3, -0.25) is 0 Å². The van der Waals surface area contributed by atoms with Crippen LogP contribution >= 0.6 is 27.5 Å². The molecular formula is C19H23BrClNO3. The number of nitrogens with one attached hydrogen (secondary N) is 1. The molecule has 0 heterocycles. The second kappa shape index (κ2) is 10.0. The first-order valence-electron chi connectivity index (χ1n) is 8.20. The van der Waals surface area contributed by atoms with Crippen LogP contribution < -0.4 is 14.8 Å². The van der Waals surface area contributed by atoms with E-state index in [-0.39, 0.29) is 6.10 Å². The van der Waals surface area contributed by atoms with Crippen molar-refractivity contribution >= 4 is 27.5 Å². The van der Waals surface area contributed by atoms with Gasteiger partial charge in [-0.05, 0) is 49.2 Å². The Bertz CT molecular complexity index is 677. The third kappa shape index (κ3) is 6.51. The van der Waals surface area contributed by atoms with Gasteiger partial charge < -0.3 is 19.9 Å². The molecule has 1 atom stereocenters. The van der Waals surface area contributed by atoms with Crippen molar-refractivity contribution in [1.82, 2.24) is 5.32 Å². The Morgan fingerprint density at radius 1 is 1.16 bits per heavy atom. The maximum Gasteiger partial charge on any atom is 0.162 e. The molecule has 0 aliphatic heterocycles. The Kier molecular flexibility index (Phi) is 8.03. The van der Waals surface area contributed by atoms with Crippen LogP contribution in [-0.4, -0.2) is 24.4 Å². The lowest BCUT2D eigenvalue weighted by Gasteiger charge is -2.16. The molecule has 2 rings (SSSR count). The van der Waals surface area contributed by atoms with E-state index in [1.807, 2.05) is 43.3 Å². The van der Waals surface area contributed by atoms with Gasteiger partial charge in [-0.25, -0.2) is 0 Å². The highest BCUT2D eigenvalue weighted by Gasteiger charge is 2.11. The van der Waals surface area contributed by atoms with E-state index in [4.69, 9.17) is 21.1 Å². The van der Waals surface area contributed by atoms with E-state index >= 15 is 0 Å². The number of aliphatic hydroxyl groups excluding tert-OH is 1. The number of hydrogen-bond donors (Lipinski definition) is 2. The van der Waals surface area contributed by atoms with E-state index in [9.17, 15) is 5.11 Å². The molecule has 0 aliphatic rings. The molecule has 0 bridgehead atoms. The fourth-order valence-electron chi connectivity index (χ4n) is 2.25. The van der Waals surface area contributed by atoms with Crippen LogP contribution in [0, 0.1) is 0 Å². The number of halogens is 2. The monoisotopic (exact) mass is 427 g/mol. The van der Waals surface area contributed by atoms with Crippen molar-refractivity contribution < 1.29 is 14.6 Å². The van der Waals surface area contributed by atoms with E-state index in [0.717, 1.165) is 15.6 Å². The molecule has 0 fully saturated rings. The summed E-state index contributed by atoms with van der Waals surface area (Å²) >= 11 is 9.49. The van der Waals surface area contributed by atoms with Gasteiger partial charge in [-0.2, -0.15) is 0 Å². The standard InChI is InChI=1S/C19H23BrClNO3/c1-3-24-18-8-15(11-22-10-13(2)23)17(20)9-19(18)25-12-14-4-6-16(21)7-5-14/h4-9,13,22-23H,3,10-12H2,1-2H3. The van der Waals surface area contributed by atoms with Gasteiger partial charge in [0.2, 0.25) is 0 Å². The summed E-state index contributed by atoms with van der Waals surface area (Å²) < 4.78 is 12.6. The minimum absolute atomic E-state index is 0.382. The summed E-state index contributed by atoms with van der Waals surface area (Å²) in [5.74, 6) is 1.39. The summed E-state index contributed by atoms with van der Waals surface area (Å²) in [4.78, 5) is 0. The predicted octanol–water partition coefficient (Wildman–Crippen LogP) is 4.55. The third-order valence-corrected chi connectivity index (χ3v) is 4.47. The van der Waals surface area contributed by atoms with Gasteiger partial charge >= 0.3 is 0 Å². The summed E-state index contributed by atoms with van der Waals surface area (Å²) in [6.07, 6.45) is -0.382. The average Bonchev–Trinajstić information content (AvgIpc) is 2.57. The lowest BCUT2D eigenvalue weighted by Crippen LogP contribution is -2.24. The largest absolute Gasteiger partial charge is 0.490 e. The molecule has 0 saturated heterocycles. The van der Waals surface area contributed by atoms with Crippen LogP contribution in [0.3, 0.4) is 0 Å². The molecule has 2 aromatic carbocycles. The number of hydrogen-bond acceptors (Lipinski definition) is 4. The minimum atomic E-state index is -0.382. The van der Waals surface area contributed by atoms with Gasteiger partial charge in [0.25, 0.3) is 0 Å². The summed E-state index contributed by atoms with van der Waals surface area (Å²) in [6, 6.07) is 11.4. The molecule has 0 saturated carbocycles. The van der Waals surface area contributed by atoms with Crippen molar-refractivity contribution in [2.45, 2.75) is 33.1 Å². The Morgan fingerprint density at radius 2 is 1.84 bits per heavy atom. The second-order valence-corrected chi connectivity index (χ2v) is 7.01. The quantitative estimate of drug-likeness (QED) is 0.615. The zero-order chi connectivity index (χ0) is 18.2. The number of ether oxygens (including phenoxy) is 2. The van der Waals surface area contributed by atoms with E-state index < -0.39 is 0 Å². The number of rotatable bonds is 9. The van der Waals surface area contributed by atoms with Crippen molar-refractivity contribution in [2.75, 3.05) is 13.2 Å². The Labute approximate surface area is 162 Å². The predicted molar refractivity (Wildman–Crippen MR) is 104 cm³/mol. The van der Waals surface area contributed by atoms with Crippen LogP contribution in [0.25, 0.3) is 0 Å². The molecular weight excluding hydrogens is 406 g/mol. The van der Waals surface area contributed by atoms with Gasteiger partial charge in [-0.1, -0.05) is 39.7 Å². The fraction of sp³-hybridized carbons (Fsp3) is 0.368.